The van der Waals surface area contributed by atoms with Gasteiger partial charge in [0.15, 0.2) is 0 Å². The molecule has 23 heavy (non-hydrogen) atoms. The van der Waals surface area contributed by atoms with Crippen LogP contribution in [-0.4, -0.2) is 44.2 Å². The first-order valence-corrected chi connectivity index (χ1v) is 9.16. The molecule has 0 radical (unpaired) electrons. The van der Waals surface area contributed by atoms with Gasteiger partial charge in [0.25, 0.3) is 0 Å². The molecular weight excluding hydrogens is 284 g/mol. The Labute approximate surface area is 141 Å². The van der Waals surface area contributed by atoms with Crippen LogP contribution < -0.4 is 9.64 Å². The van der Waals surface area contributed by atoms with Crippen molar-refractivity contribution in [3.8, 4) is 5.75 Å². The first kappa shape index (κ1) is 16.6. The van der Waals surface area contributed by atoms with Crippen LogP contribution >= 0.6 is 0 Å². The Hall–Kier alpha value is -1.22. The quantitative estimate of drug-likeness (QED) is 0.836. The molecule has 2 fully saturated rings. The molecule has 2 aliphatic heterocycles. The second-order valence-electron chi connectivity index (χ2n) is 8.10. The van der Waals surface area contributed by atoms with E-state index in [4.69, 9.17) is 4.74 Å². The molecular formula is C20H32N2O. The fourth-order valence-electron chi connectivity index (χ4n) is 3.98. The molecule has 1 aromatic rings. The van der Waals surface area contributed by atoms with E-state index in [0.29, 0.717) is 0 Å². The monoisotopic (exact) mass is 316 g/mol. The van der Waals surface area contributed by atoms with Crippen LogP contribution in [-0.2, 0) is 5.41 Å². The third-order valence-electron chi connectivity index (χ3n) is 5.51. The van der Waals surface area contributed by atoms with Crippen LogP contribution in [0.15, 0.2) is 18.2 Å². The van der Waals surface area contributed by atoms with Crippen molar-refractivity contribution >= 4 is 5.69 Å². The first-order valence-electron chi connectivity index (χ1n) is 9.16. The zero-order valence-corrected chi connectivity index (χ0v) is 15.3. The maximum atomic E-state index is 5.71. The molecule has 0 unspecified atom stereocenters. The number of benzene rings is 1. The molecule has 0 aromatic heterocycles. The number of anilines is 1. The Morgan fingerprint density at radius 3 is 2.22 bits per heavy atom. The molecule has 3 rings (SSSR count). The van der Waals surface area contributed by atoms with Crippen molar-refractivity contribution in [3.63, 3.8) is 0 Å². The Morgan fingerprint density at radius 1 is 1.00 bits per heavy atom. The lowest BCUT2D eigenvalue weighted by molar-refractivity contribution is 0.207. The highest BCUT2D eigenvalue weighted by molar-refractivity contribution is 5.60. The van der Waals surface area contributed by atoms with Crippen molar-refractivity contribution in [2.75, 3.05) is 38.2 Å². The van der Waals surface area contributed by atoms with E-state index in [9.17, 15) is 0 Å². The first-order chi connectivity index (χ1) is 11.0. The van der Waals surface area contributed by atoms with E-state index >= 15 is 0 Å². The zero-order chi connectivity index (χ0) is 16.4. The van der Waals surface area contributed by atoms with Crippen molar-refractivity contribution in [2.24, 2.45) is 0 Å². The van der Waals surface area contributed by atoms with E-state index < -0.39 is 0 Å². The van der Waals surface area contributed by atoms with Gasteiger partial charge in [-0.05, 0) is 61.9 Å². The number of hydrogen-bond acceptors (Lipinski definition) is 3. The summed E-state index contributed by atoms with van der Waals surface area (Å²) < 4.78 is 5.71. The Kier molecular flexibility index (Phi) is 4.86. The van der Waals surface area contributed by atoms with Gasteiger partial charge in [-0.25, -0.2) is 0 Å². The molecule has 0 amide bonds. The van der Waals surface area contributed by atoms with Gasteiger partial charge in [0, 0.05) is 19.1 Å². The summed E-state index contributed by atoms with van der Waals surface area (Å²) in [5.74, 6) is 1.03. The molecule has 0 atom stereocenters. The third kappa shape index (κ3) is 3.65. The van der Waals surface area contributed by atoms with Crippen LogP contribution in [0.3, 0.4) is 0 Å². The second kappa shape index (κ2) is 6.72. The lowest BCUT2D eigenvalue weighted by Crippen LogP contribution is -2.44. The highest BCUT2D eigenvalue weighted by Crippen LogP contribution is 2.35. The normalized spacial score (nSPS) is 21.0. The topological polar surface area (TPSA) is 15.7 Å². The van der Waals surface area contributed by atoms with Gasteiger partial charge in [0.2, 0.25) is 0 Å². The summed E-state index contributed by atoms with van der Waals surface area (Å²) in [6, 6.07) is 7.55. The predicted molar refractivity (Wildman–Crippen MR) is 97.7 cm³/mol. The van der Waals surface area contributed by atoms with E-state index in [2.05, 4.69) is 48.8 Å². The molecule has 2 saturated heterocycles. The standard InChI is InChI=1S/C20H32N2O/c1-20(2,3)16-7-8-18(19(15-16)23-4)22-13-9-17(10-14-22)21-11-5-6-12-21/h7-8,15,17H,5-6,9-14H2,1-4H3. The molecule has 0 N–H and O–H groups in total. The van der Waals surface area contributed by atoms with Crippen molar-refractivity contribution in [3.05, 3.63) is 23.8 Å². The van der Waals surface area contributed by atoms with Crippen LogP contribution in [0.2, 0.25) is 0 Å². The summed E-state index contributed by atoms with van der Waals surface area (Å²) in [6.07, 6.45) is 5.35. The van der Waals surface area contributed by atoms with Crippen LogP contribution in [0, 0.1) is 0 Å². The van der Waals surface area contributed by atoms with Gasteiger partial charge < -0.3 is 14.5 Å². The van der Waals surface area contributed by atoms with Gasteiger partial charge in [-0.2, -0.15) is 0 Å². The Morgan fingerprint density at radius 2 is 1.65 bits per heavy atom. The highest BCUT2D eigenvalue weighted by Gasteiger charge is 2.27. The van der Waals surface area contributed by atoms with E-state index in [1.165, 1.54) is 50.0 Å². The smallest absolute Gasteiger partial charge is 0.142 e. The van der Waals surface area contributed by atoms with E-state index in [-0.39, 0.29) is 5.41 Å². The van der Waals surface area contributed by atoms with Gasteiger partial charge in [-0.1, -0.05) is 26.8 Å². The van der Waals surface area contributed by atoms with E-state index in [0.717, 1.165) is 24.9 Å². The average molecular weight is 316 g/mol. The van der Waals surface area contributed by atoms with Gasteiger partial charge in [0.1, 0.15) is 5.75 Å². The lowest BCUT2D eigenvalue weighted by Gasteiger charge is -2.38. The van der Waals surface area contributed by atoms with E-state index in [1.807, 2.05) is 0 Å². The minimum atomic E-state index is 0.161. The van der Waals surface area contributed by atoms with Gasteiger partial charge in [-0.3, -0.25) is 0 Å². The number of hydrogen-bond donors (Lipinski definition) is 0. The average Bonchev–Trinajstić information content (AvgIpc) is 3.08. The molecule has 128 valence electrons. The molecule has 3 nitrogen and oxygen atoms in total. The molecule has 0 spiro atoms. The lowest BCUT2D eigenvalue weighted by atomic mass is 9.86. The van der Waals surface area contributed by atoms with Crippen LogP contribution in [0.1, 0.15) is 52.0 Å². The molecule has 0 aliphatic carbocycles. The van der Waals surface area contributed by atoms with Crippen LogP contribution in [0.4, 0.5) is 5.69 Å². The summed E-state index contributed by atoms with van der Waals surface area (Å²) in [5.41, 5.74) is 2.76. The van der Waals surface area contributed by atoms with Gasteiger partial charge >= 0.3 is 0 Å². The number of methoxy groups -OCH3 is 1. The fraction of sp³-hybridized carbons (Fsp3) is 0.700. The SMILES string of the molecule is COc1cc(C(C)(C)C)ccc1N1CCC(N2CCCC2)CC1. The number of nitrogens with zero attached hydrogens (tertiary/aromatic N) is 2. The third-order valence-corrected chi connectivity index (χ3v) is 5.51. The number of likely N-dealkylation sites (tertiary alicyclic amines) is 1. The molecule has 3 heteroatoms. The van der Waals surface area contributed by atoms with Crippen molar-refractivity contribution in [1.29, 1.82) is 0 Å². The minimum absolute atomic E-state index is 0.161. The summed E-state index contributed by atoms with van der Waals surface area (Å²) in [7, 11) is 1.79. The fourth-order valence-corrected chi connectivity index (χ4v) is 3.98. The molecule has 2 aliphatic rings. The van der Waals surface area contributed by atoms with E-state index in [1.54, 1.807) is 7.11 Å². The number of piperidine rings is 1. The summed E-state index contributed by atoms with van der Waals surface area (Å²) in [5, 5.41) is 0. The predicted octanol–water partition coefficient (Wildman–Crippen LogP) is 4.06. The minimum Gasteiger partial charge on any atom is -0.495 e. The largest absolute Gasteiger partial charge is 0.495 e. The molecule has 0 saturated carbocycles. The van der Waals surface area contributed by atoms with Crippen LogP contribution in [0.25, 0.3) is 0 Å². The second-order valence-corrected chi connectivity index (χ2v) is 8.10. The summed E-state index contributed by atoms with van der Waals surface area (Å²) in [4.78, 5) is 5.22. The molecule has 2 heterocycles. The number of ether oxygens (including phenoxy) is 1. The van der Waals surface area contributed by atoms with Crippen LogP contribution in [0.5, 0.6) is 5.75 Å². The van der Waals surface area contributed by atoms with Crippen molar-refractivity contribution < 1.29 is 4.74 Å². The van der Waals surface area contributed by atoms with Gasteiger partial charge in [-0.15, -0.1) is 0 Å². The zero-order valence-electron chi connectivity index (χ0n) is 15.3. The molecule has 0 bridgehead atoms. The van der Waals surface area contributed by atoms with Crippen molar-refractivity contribution in [1.82, 2.24) is 4.90 Å². The summed E-state index contributed by atoms with van der Waals surface area (Å²) in [6.45, 7) is 11.7. The Bertz CT molecular complexity index is 521. The number of rotatable bonds is 3. The van der Waals surface area contributed by atoms with Crippen molar-refractivity contribution in [2.45, 2.75) is 57.9 Å². The Balaban J connectivity index is 1.70. The van der Waals surface area contributed by atoms with Gasteiger partial charge in [0.05, 0.1) is 12.8 Å². The highest BCUT2D eigenvalue weighted by atomic mass is 16.5. The summed E-state index contributed by atoms with van der Waals surface area (Å²) >= 11 is 0. The maximum Gasteiger partial charge on any atom is 0.142 e. The maximum absolute atomic E-state index is 5.71. The molecule has 1 aromatic carbocycles.